The summed E-state index contributed by atoms with van der Waals surface area (Å²) < 4.78 is 26.9. The molecule has 9 heteroatoms. The second-order valence-corrected chi connectivity index (χ2v) is 9.89. The maximum Gasteiger partial charge on any atom is 0.166 e. The van der Waals surface area contributed by atoms with Crippen LogP contribution in [0, 0.1) is 17.1 Å². The van der Waals surface area contributed by atoms with Gasteiger partial charge in [-0.2, -0.15) is 5.26 Å². The van der Waals surface area contributed by atoms with Crippen molar-refractivity contribution in [2.24, 2.45) is 0 Å². The zero-order chi connectivity index (χ0) is 26.6. The monoisotopic (exact) mass is 550 g/mol. The van der Waals surface area contributed by atoms with Gasteiger partial charge in [-0.1, -0.05) is 53.5 Å². The summed E-state index contributed by atoms with van der Waals surface area (Å²) in [5, 5.41) is 13.3. The lowest BCUT2D eigenvalue weighted by Crippen LogP contribution is -2.37. The number of likely N-dealkylation sites (tertiary alicyclic amines) is 1. The number of methoxy groups -OCH3 is 1. The van der Waals surface area contributed by atoms with Crippen LogP contribution in [-0.4, -0.2) is 36.2 Å². The topological polar surface area (TPSA) is 70.4 Å². The van der Waals surface area contributed by atoms with Gasteiger partial charge in [0.05, 0.1) is 39.6 Å². The molecule has 0 radical (unpaired) electrons. The first-order valence-corrected chi connectivity index (χ1v) is 13.0. The number of benzene rings is 3. The van der Waals surface area contributed by atoms with Crippen LogP contribution in [-0.2, 0) is 6.54 Å². The van der Waals surface area contributed by atoms with Crippen molar-refractivity contribution in [2.45, 2.75) is 25.5 Å². The summed E-state index contributed by atoms with van der Waals surface area (Å²) in [7, 11) is 1.57. The number of piperidine rings is 1. The molecule has 4 aromatic rings. The molecule has 0 amide bonds. The molecule has 38 heavy (non-hydrogen) atoms. The highest BCUT2D eigenvalue weighted by atomic mass is 35.5. The highest BCUT2D eigenvalue weighted by Gasteiger charge is 2.23. The van der Waals surface area contributed by atoms with E-state index in [1.807, 2.05) is 6.07 Å². The minimum atomic E-state index is -0.708. The van der Waals surface area contributed by atoms with Gasteiger partial charge in [-0.05, 0) is 36.6 Å². The summed E-state index contributed by atoms with van der Waals surface area (Å²) in [4.78, 5) is 6.83. The van der Waals surface area contributed by atoms with Gasteiger partial charge in [0.2, 0.25) is 0 Å². The number of aromatic nitrogens is 1. The van der Waals surface area contributed by atoms with Crippen molar-refractivity contribution in [1.82, 2.24) is 9.88 Å². The Morgan fingerprint density at radius 3 is 2.58 bits per heavy atom. The lowest BCUT2D eigenvalue weighted by atomic mass is 10.1. The van der Waals surface area contributed by atoms with Gasteiger partial charge in [0.25, 0.3) is 0 Å². The molecule has 0 aliphatic carbocycles. The van der Waals surface area contributed by atoms with Gasteiger partial charge in [0.15, 0.2) is 17.3 Å². The van der Waals surface area contributed by atoms with Crippen LogP contribution in [0.5, 0.6) is 11.5 Å². The van der Waals surface area contributed by atoms with E-state index in [1.165, 1.54) is 23.9 Å². The average Bonchev–Trinajstić information content (AvgIpc) is 2.94. The van der Waals surface area contributed by atoms with Gasteiger partial charge in [-0.15, -0.1) is 0 Å². The van der Waals surface area contributed by atoms with Crippen LogP contribution >= 0.6 is 23.2 Å². The number of nitrogens with one attached hydrogen (secondary N) is 1. The summed E-state index contributed by atoms with van der Waals surface area (Å²) in [6.07, 6.45) is 3.17. The number of halogens is 3. The Morgan fingerprint density at radius 1 is 1.11 bits per heavy atom. The molecule has 3 aromatic carbocycles. The molecule has 0 spiro atoms. The van der Waals surface area contributed by atoms with Gasteiger partial charge < -0.3 is 14.8 Å². The third-order valence-electron chi connectivity index (χ3n) is 6.65. The maximum atomic E-state index is 14.8. The first kappa shape index (κ1) is 26.1. The molecular weight excluding hydrogens is 526 g/mol. The standard InChI is InChI=1S/C29H25Cl2FN4O2/c1-37-25-14-24-21(29(19(15-33)16-34-24)35-23-8-7-22(30)27(31)28(23)32)13-26(25)38-20-9-11-36(12-10-20)17-18-5-3-2-4-6-18/h2-8,13-14,16,20H,9-12,17H2,1H3,(H,34,35). The van der Waals surface area contributed by atoms with Crippen molar-refractivity contribution in [3.8, 4) is 17.6 Å². The zero-order valence-corrected chi connectivity index (χ0v) is 22.2. The van der Waals surface area contributed by atoms with E-state index < -0.39 is 5.82 Å². The van der Waals surface area contributed by atoms with E-state index in [-0.39, 0.29) is 27.4 Å². The number of fused-ring (bicyclic) bond motifs is 1. The average molecular weight is 551 g/mol. The number of anilines is 2. The molecule has 0 unspecified atom stereocenters. The largest absolute Gasteiger partial charge is 0.493 e. The minimum Gasteiger partial charge on any atom is -0.493 e. The van der Waals surface area contributed by atoms with Crippen LogP contribution < -0.4 is 14.8 Å². The van der Waals surface area contributed by atoms with Crippen LogP contribution in [0.2, 0.25) is 10.0 Å². The summed E-state index contributed by atoms with van der Waals surface area (Å²) in [6, 6.07) is 19.1. The van der Waals surface area contributed by atoms with E-state index in [2.05, 4.69) is 45.5 Å². The molecule has 0 saturated carbocycles. The molecular formula is C29H25Cl2FN4O2. The number of ether oxygens (including phenoxy) is 2. The third-order valence-corrected chi connectivity index (χ3v) is 7.43. The van der Waals surface area contributed by atoms with Gasteiger partial charge in [0, 0.05) is 37.3 Å². The minimum absolute atomic E-state index is 0.00408. The maximum absolute atomic E-state index is 14.8. The lowest BCUT2D eigenvalue weighted by Gasteiger charge is -2.32. The van der Waals surface area contributed by atoms with E-state index in [4.69, 9.17) is 32.7 Å². The number of hydrogen-bond donors (Lipinski definition) is 1. The van der Waals surface area contributed by atoms with Crippen molar-refractivity contribution in [3.05, 3.63) is 87.8 Å². The van der Waals surface area contributed by atoms with Crippen LogP contribution in [0.4, 0.5) is 15.8 Å². The Kier molecular flexibility index (Phi) is 7.85. The SMILES string of the molecule is COc1cc2ncc(C#N)c(Nc3ccc(Cl)c(Cl)c3F)c2cc1OC1CCN(Cc2ccccc2)CC1. The molecule has 1 aliphatic rings. The number of pyridine rings is 1. The van der Waals surface area contributed by atoms with Crippen LogP contribution in [0.1, 0.15) is 24.0 Å². The quantitative estimate of drug-likeness (QED) is 0.242. The van der Waals surface area contributed by atoms with Gasteiger partial charge in [-0.25, -0.2) is 4.39 Å². The second kappa shape index (κ2) is 11.4. The predicted molar refractivity (Wildman–Crippen MR) is 148 cm³/mol. The molecule has 6 nitrogen and oxygen atoms in total. The van der Waals surface area contributed by atoms with Crippen molar-refractivity contribution >= 4 is 45.5 Å². The normalized spacial score (nSPS) is 14.3. The van der Waals surface area contributed by atoms with Gasteiger partial charge in [-0.3, -0.25) is 9.88 Å². The Hall–Kier alpha value is -3.57. The van der Waals surface area contributed by atoms with Gasteiger partial charge >= 0.3 is 0 Å². The lowest BCUT2D eigenvalue weighted by molar-refractivity contribution is 0.0945. The van der Waals surface area contributed by atoms with E-state index in [0.717, 1.165) is 32.5 Å². The van der Waals surface area contributed by atoms with Crippen molar-refractivity contribution in [1.29, 1.82) is 5.26 Å². The summed E-state index contributed by atoms with van der Waals surface area (Å²) >= 11 is 11.9. The number of hydrogen-bond acceptors (Lipinski definition) is 6. The van der Waals surface area contributed by atoms with E-state index >= 15 is 0 Å². The zero-order valence-electron chi connectivity index (χ0n) is 20.7. The fraction of sp³-hybridized carbons (Fsp3) is 0.241. The van der Waals surface area contributed by atoms with E-state index in [9.17, 15) is 9.65 Å². The number of rotatable bonds is 7. The molecule has 1 aliphatic heterocycles. The Morgan fingerprint density at radius 2 is 1.87 bits per heavy atom. The highest BCUT2D eigenvalue weighted by Crippen LogP contribution is 2.39. The molecule has 1 N–H and O–H groups in total. The van der Waals surface area contributed by atoms with Crippen LogP contribution in [0.25, 0.3) is 10.9 Å². The fourth-order valence-corrected chi connectivity index (χ4v) is 4.95. The number of nitrogens with zero attached hydrogens (tertiary/aromatic N) is 3. The molecule has 0 bridgehead atoms. The molecule has 5 rings (SSSR count). The third kappa shape index (κ3) is 5.48. The van der Waals surface area contributed by atoms with Crippen molar-refractivity contribution in [2.75, 3.05) is 25.5 Å². The summed E-state index contributed by atoms with van der Waals surface area (Å²) in [5.41, 5.74) is 2.58. The molecule has 1 aromatic heterocycles. The van der Waals surface area contributed by atoms with Crippen LogP contribution in [0.15, 0.2) is 60.8 Å². The molecule has 1 fully saturated rings. The highest BCUT2D eigenvalue weighted by molar-refractivity contribution is 6.42. The first-order chi connectivity index (χ1) is 18.5. The Labute approximate surface area is 230 Å². The second-order valence-electron chi connectivity index (χ2n) is 9.11. The summed E-state index contributed by atoms with van der Waals surface area (Å²) in [6.45, 7) is 2.74. The molecule has 194 valence electrons. The molecule has 1 saturated heterocycles. The van der Waals surface area contributed by atoms with Gasteiger partial charge in [0.1, 0.15) is 12.2 Å². The van der Waals surface area contributed by atoms with E-state index in [0.29, 0.717) is 28.1 Å². The predicted octanol–water partition coefficient (Wildman–Crippen LogP) is 7.35. The van der Waals surface area contributed by atoms with Crippen molar-refractivity contribution in [3.63, 3.8) is 0 Å². The summed E-state index contributed by atoms with van der Waals surface area (Å²) in [5.74, 6) is 0.365. The van der Waals surface area contributed by atoms with Crippen LogP contribution in [0.3, 0.4) is 0 Å². The Balaban J connectivity index is 1.41. The number of nitriles is 1. The van der Waals surface area contributed by atoms with E-state index in [1.54, 1.807) is 19.2 Å². The molecule has 0 atom stereocenters. The fourth-order valence-electron chi connectivity index (χ4n) is 4.63. The molecule has 2 heterocycles. The Bertz CT molecular complexity index is 1500. The van der Waals surface area contributed by atoms with Crippen molar-refractivity contribution < 1.29 is 13.9 Å². The first-order valence-electron chi connectivity index (χ1n) is 12.2. The smallest absolute Gasteiger partial charge is 0.166 e.